The molecule has 0 amide bonds. The molecule has 18 heteroatoms. The Morgan fingerprint density at radius 1 is 0.523 bits per heavy atom. The van der Waals surface area contributed by atoms with E-state index in [4.69, 9.17) is 9.47 Å². The van der Waals surface area contributed by atoms with Crippen LogP contribution in [0, 0.1) is 5.41 Å². The second-order valence-corrected chi connectivity index (χ2v) is 42.4. The Bertz CT molecular complexity index is 1800. The Morgan fingerprint density at radius 2 is 0.898 bits per heavy atom. The second-order valence-electron chi connectivity index (χ2n) is 30.8. The molecule has 88 heavy (non-hydrogen) atoms. The van der Waals surface area contributed by atoms with Crippen molar-refractivity contribution in [1.82, 2.24) is 29.4 Å². The molecule has 1 atom stereocenters. The van der Waals surface area contributed by atoms with Crippen LogP contribution in [0.2, 0.25) is 0 Å². The zero-order valence-electron chi connectivity index (χ0n) is 62.2. The molecule has 1 aromatic rings. The first-order chi connectivity index (χ1) is 39.9. The lowest BCUT2D eigenvalue weighted by atomic mass is 9.87. The zero-order valence-corrected chi connectivity index (χ0v) is 67.9. The Hall–Kier alpha value is 0.430. The van der Waals surface area contributed by atoms with Crippen molar-refractivity contribution in [3.8, 4) is 0 Å². The minimum atomic E-state index is -0.276. The number of Topliss-reactive ketones (excluding diaryl/α,β-unsaturated/α-hetero) is 1. The van der Waals surface area contributed by atoms with Gasteiger partial charge in [-0.3, -0.25) is 24.3 Å². The molecular formula is C70H142ClN7O4S6. The van der Waals surface area contributed by atoms with Crippen molar-refractivity contribution in [1.29, 1.82) is 0 Å². The molecule has 0 radical (unpaired) electrons. The Morgan fingerprint density at radius 3 is 1.27 bits per heavy atom. The van der Waals surface area contributed by atoms with Crippen LogP contribution in [0.4, 0.5) is 0 Å². The summed E-state index contributed by atoms with van der Waals surface area (Å²) in [5.41, 5.74) is 0.520. The summed E-state index contributed by atoms with van der Waals surface area (Å²) in [5.74, 6) is 7.51. The number of halogens is 1. The molecule has 524 valence electrons. The summed E-state index contributed by atoms with van der Waals surface area (Å²) < 4.78 is 12.6. The second kappa shape index (κ2) is 49.0. The van der Waals surface area contributed by atoms with Gasteiger partial charge in [-0.05, 0) is 66.5 Å². The molecule has 5 rings (SSSR count). The fraction of sp³-hybridized carbons (Fsp3) is 0.886. The molecule has 0 spiro atoms. The Kier molecular flexibility index (Phi) is 51.6. The van der Waals surface area contributed by atoms with Crippen molar-refractivity contribution in [2.75, 3.05) is 188 Å². The maximum Gasteiger partial charge on any atom is 0.323 e. The lowest BCUT2D eigenvalue weighted by Crippen LogP contribution is -3.06. The van der Waals surface area contributed by atoms with Gasteiger partial charge in [0, 0.05) is 146 Å². The maximum absolute atomic E-state index is 11.7. The summed E-state index contributed by atoms with van der Waals surface area (Å²) in [7, 11) is 12.3. The van der Waals surface area contributed by atoms with Gasteiger partial charge in [0.15, 0.2) is 5.78 Å². The van der Waals surface area contributed by atoms with E-state index < -0.39 is 0 Å². The third kappa shape index (κ3) is 61.3. The number of hydrogen-bond donors (Lipinski definition) is 1. The monoisotopic (exact) mass is 1370 g/mol. The van der Waals surface area contributed by atoms with Crippen LogP contribution < -0.4 is 17.3 Å². The lowest BCUT2D eigenvalue weighted by molar-refractivity contribution is -0.855. The standard InChI is InChI=1S/C12H23NO2S.C11H24N2S.C11H14O.C10H21NOS.C10H21NS.2C8H19NS.ClH/c1-12(2,3)16-9-8-13-7-5-6-10(13)11(14)15-4;1-11(2,3)14-10-9-13-7-5-12(4)6-8-13;1-11(2,3)10(12)9-7-5-4-6-8-9;1-10(2,3)13-9-6-11-4-7-12-8-5-11;1-10(2,3)12-9-8-11-6-4-5-7-11;2*1-8(2,3)10-7-6-9(4)5;/h10H,5-9H2,1-4H3;5-10H2,1-4H3;4-8H,1-3H3;4-9H2,1-3H3;4-9H2,1-3H3;2*6-7H2,1-5H3;1H. The van der Waals surface area contributed by atoms with Crippen molar-refractivity contribution in [3.05, 3.63) is 35.9 Å². The number of nitrogens with zero attached hydrogens (tertiary/aromatic N) is 6. The van der Waals surface area contributed by atoms with Crippen LogP contribution >= 0.6 is 70.6 Å². The van der Waals surface area contributed by atoms with E-state index in [9.17, 15) is 9.59 Å². The van der Waals surface area contributed by atoms with Gasteiger partial charge in [-0.25, -0.2) is 0 Å². The number of piperazine rings is 1. The fourth-order valence-electron chi connectivity index (χ4n) is 8.43. The van der Waals surface area contributed by atoms with Gasteiger partial charge in [0.05, 0.1) is 41.0 Å². The van der Waals surface area contributed by atoms with Gasteiger partial charge in [0.25, 0.3) is 0 Å². The number of likely N-dealkylation sites (tertiary alicyclic amines) is 2. The number of rotatable bonds is 20. The molecule has 4 aliphatic rings. The minimum absolute atomic E-state index is 0. The number of ether oxygens (including phenoxy) is 2. The highest BCUT2D eigenvalue weighted by Crippen LogP contribution is 2.28. The van der Waals surface area contributed by atoms with E-state index in [1.165, 1.54) is 126 Å². The number of morpholine rings is 1. The maximum atomic E-state index is 11.7. The highest BCUT2D eigenvalue weighted by molar-refractivity contribution is 8.01. The molecule has 4 saturated heterocycles. The van der Waals surface area contributed by atoms with E-state index in [0.717, 1.165) is 63.6 Å². The number of hydrogen-bond acceptors (Lipinski definition) is 16. The van der Waals surface area contributed by atoms with Crippen molar-refractivity contribution in [3.63, 3.8) is 0 Å². The Labute approximate surface area is 579 Å². The molecular weight excluding hydrogens is 1230 g/mol. The highest BCUT2D eigenvalue weighted by Gasteiger charge is 2.31. The largest absolute Gasteiger partial charge is 1.00 e. The van der Waals surface area contributed by atoms with Gasteiger partial charge in [-0.15, -0.1) is 0 Å². The van der Waals surface area contributed by atoms with Crippen molar-refractivity contribution >= 4 is 82.3 Å². The molecule has 4 heterocycles. The summed E-state index contributed by atoms with van der Waals surface area (Å²) in [5, 5.41) is 0. The number of methoxy groups -OCH3 is 1. The minimum Gasteiger partial charge on any atom is -1.00 e. The van der Waals surface area contributed by atoms with E-state index in [-0.39, 0.29) is 35.6 Å². The molecule has 0 saturated carbocycles. The third-order valence-corrected chi connectivity index (χ3v) is 20.9. The molecule has 1 N–H and O–H groups in total. The number of nitrogens with one attached hydrogen (secondary N) is 1. The van der Waals surface area contributed by atoms with Crippen LogP contribution in [0.3, 0.4) is 0 Å². The summed E-state index contributed by atoms with van der Waals surface area (Å²) >= 11 is 12.2. The topological polar surface area (TPSA) is 76.5 Å². The summed E-state index contributed by atoms with van der Waals surface area (Å²) in [6.45, 7) is 66.6. The molecule has 0 aromatic heterocycles. The number of carbonyl (C=O) groups is 2. The van der Waals surface area contributed by atoms with E-state index >= 15 is 0 Å². The van der Waals surface area contributed by atoms with Crippen LogP contribution in [0.5, 0.6) is 0 Å². The molecule has 11 nitrogen and oxygen atoms in total. The number of benzene rings is 1. The number of carbonyl (C=O) groups excluding carboxylic acids is 2. The fourth-order valence-corrected chi connectivity index (χ4v) is 14.4. The number of quaternary nitrogens is 1. The van der Waals surface area contributed by atoms with Gasteiger partial charge in [-0.2, -0.15) is 70.6 Å². The van der Waals surface area contributed by atoms with Crippen molar-refractivity contribution in [2.45, 2.75) is 206 Å². The lowest BCUT2D eigenvalue weighted by Gasteiger charge is -2.32. The van der Waals surface area contributed by atoms with Gasteiger partial charge in [0.1, 0.15) is 6.04 Å². The molecule has 1 unspecified atom stereocenters. The molecule has 1 aromatic carbocycles. The summed E-state index contributed by atoms with van der Waals surface area (Å²) in [6, 6.07) is 9.41. The van der Waals surface area contributed by atoms with Gasteiger partial charge in [0.2, 0.25) is 0 Å². The molecule has 0 bridgehead atoms. The average Bonchev–Trinajstić information content (AvgIpc) is 4.09. The highest BCUT2D eigenvalue weighted by atomic mass is 35.5. The van der Waals surface area contributed by atoms with Crippen LogP contribution in [0.15, 0.2) is 30.3 Å². The predicted molar refractivity (Wildman–Crippen MR) is 403 cm³/mol. The van der Waals surface area contributed by atoms with Gasteiger partial charge in [-0.1, -0.05) is 176 Å². The van der Waals surface area contributed by atoms with Crippen molar-refractivity contribution < 1.29 is 36.4 Å². The number of esters is 1. The number of likely N-dealkylation sites (N-methyl/N-ethyl adjacent to an activating group) is 1. The van der Waals surface area contributed by atoms with E-state index in [2.05, 4.69) is 213 Å². The number of ketones is 1. The van der Waals surface area contributed by atoms with E-state index in [0.29, 0.717) is 28.5 Å². The van der Waals surface area contributed by atoms with Crippen LogP contribution in [0.25, 0.3) is 0 Å². The quantitative estimate of drug-likeness (QED) is 0.0994. The smallest absolute Gasteiger partial charge is 0.323 e. The van der Waals surface area contributed by atoms with Crippen LogP contribution in [-0.2, 0) is 14.3 Å². The van der Waals surface area contributed by atoms with E-state index in [1.54, 1.807) is 0 Å². The van der Waals surface area contributed by atoms with Crippen LogP contribution in [-0.4, -0.2) is 264 Å². The first-order valence-electron chi connectivity index (χ1n) is 33.0. The summed E-state index contributed by atoms with van der Waals surface area (Å²) in [4.78, 5) is 39.3. The molecule has 4 aliphatic heterocycles. The molecule has 4 fully saturated rings. The van der Waals surface area contributed by atoms with E-state index in [1.807, 2.05) is 98.2 Å². The zero-order chi connectivity index (χ0) is 67.1. The first kappa shape index (κ1) is 92.6. The Balaban J connectivity index is -0.000000962. The third-order valence-electron chi connectivity index (χ3n) is 13.4. The SMILES string of the molecule is CC(C)(C)C(=O)c1ccccc1.CC(C)(C)SCCN1CCCC1.CC(C)(C)SCCN1CCOCC1.CN(C)CCSC(C)(C)C.CN1CCN(CCSC(C)(C)C)CC1.COC(=O)C1CCCN1CCSC(C)(C)C.C[NH+](C)CCSC(C)(C)C.[Cl-]. The van der Waals surface area contributed by atoms with Crippen molar-refractivity contribution in [2.24, 2.45) is 5.41 Å². The summed E-state index contributed by atoms with van der Waals surface area (Å²) in [6.07, 6.45) is 4.90. The van der Waals surface area contributed by atoms with Gasteiger partial charge >= 0.3 is 5.97 Å². The number of thioether (sulfide) groups is 6. The van der Waals surface area contributed by atoms with Crippen LogP contribution in [0.1, 0.15) is 181 Å². The molecule has 0 aliphatic carbocycles. The average molecular weight is 1370 g/mol. The van der Waals surface area contributed by atoms with Gasteiger partial charge < -0.3 is 41.5 Å². The normalized spacial score (nSPS) is 17.7. The predicted octanol–water partition coefficient (Wildman–Crippen LogP) is 11.0. The first-order valence-corrected chi connectivity index (χ1v) is 39.0.